The molecule has 1 aromatic carbocycles. The number of phenolic OH excluding ortho intramolecular Hbond substituents is 1. The molecule has 0 aromatic heterocycles. The lowest BCUT2D eigenvalue weighted by Crippen LogP contribution is -2.53. The van der Waals surface area contributed by atoms with E-state index in [1.54, 1.807) is 12.1 Å². The number of nitrogens with zero attached hydrogens (tertiary/aromatic N) is 3. The number of benzene rings is 1. The molecule has 0 radical (unpaired) electrons. The molecule has 2 rings (SSSR count). The van der Waals surface area contributed by atoms with Crippen molar-refractivity contribution in [1.82, 2.24) is 15.1 Å². The minimum absolute atomic E-state index is 0.296. The van der Waals surface area contributed by atoms with Gasteiger partial charge in [0.05, 0.1) is 6.54 Å². The Labute approximate surface area is 140 Å². The summed E-state index contributed by atoms with van der Waals surface area (Å²) in [6.45, 7) is 13.5. The first-order valence-corrected chi connectivity index (χ1v) is 8.62. The molecular weight excluding hydrogens is 288 g/mol. The summed E-state index contributed by atoms with van der Waals surface area (Å²) in [5.74, 6) is 1.99. The second-order valence-electron chi connectivity index (χ2n) is 6.52. The van der Waals surface area contributed by atoms with Crippen LogP contribution in [0.3, 0.4) is 0 Å². The summed E-state index contributed by atoms with van der Waals surface area (Å²) in [5.41, 5.74) is 1.03. The van der Waals surface area contributed by atoms with E-state index in [4.69, 9.17) is 4.99 Å². The molecule has 1 aliphatic heterocycles. The van der Waals surface area contributed by atoms with E-state index < -0.39 is 0 Å². The van der Waals surface area contributed by atoms with E-state index >= 15 is 0 Å². The van der Waals surface area contributed by atoms with Gasteiger partial charge in [-0.05, 0) is 30.5 Å². The van der Waals surface area contributed by atoms with Gasteiger partial charge in [0.2, 0.25) is 0 Å². The topological polar surface area (TPSA) is 51.1 Å². The Hall–Kier alpha value is -1.75. The predicted octanol–water partition coefficient (Wildman–Crippen LogP) is 2.13. The molecule has 0 amide bonds. The molecule has 5 heteroatoms. The van der Waals surface area contributed by atoms with Crippen molar-refractivity contribution in [1.29, 1.82) is 0 Å². The number of aromatic hydroxyl groups is 1. The highest BCUT2D eigenvalue weighted by atomic mass is 16.3. The number of guanidine groups is 1. The van der Waals surface area contributed by atoms with Crippen LogP contribution >= 0.6 is 0 Å². The average Bonchev–Trinajstić information content (AvgIpc) is 2.52. The number of phenols is 1. The maximum Gasteiger partial charge on any atom is 0.194 e. The SMILES string of the molecule is CCNC(=NCc1cccc(O)c1)N1CCN(CC(C)C)CC1. The molecule has 1 heterocycles. The van der Waals surface area contributed by atoms with Crippen LogP contribution in [-0.2, 0) is 6.54 Å². The van der Waals surface area contributed by atoms with Crippen molar-refractivity contribution >= 4 is 5.96 Å². The van der Waals surface area contributed by atoms with Gasteiger partial charge in [0.25, 0.3) is 0 Å². The summed E-state index contributed by atoms with van der Waals surface area (Å²) in [4.78, 5) is 9.60. The molecule has 0 unspecified atom stereocenters. The van der Waals surface area contributed by atoms with Crippen LogP contribution < -0.4 is 5.32 Å². The first-order chi connectivity index (χ1) is 11.1. The zero-order valence-corrected chi connectivity index (χ0v) is 14.6. The van der Waals surface area contributed by atoms with Gasteiger partial charge in [-0.15, -0.1) is 0 Å². The molecule has 23 heavy (non-hydrogen) atoms. The predicted molar refractivity (Wildman–Crippen MR) is 95.8 cm³/mol. The van der Waals surface area contributed by atoms with Crippen molar-refractivity contribution in [3.63, 3.8) is 0 Å². The number of hydrogen-bond donors (Lipinski definition) is 2. The van der Waals surface area contributed by atoms with Crippen molar-refractivity contribution in [3.8, 4) is 5.75 Å². The van der Waals surface area contributed by atoms with E-state index in [0.717, 1.165) is 44.2 Å². The van der Waals surface area contributed by atoms with Gasteiger partial charge in [-0.25, -0.2) is 4.99 Å². The Morgan fingerprint density at radius 2 is 2.00 bits per heavy atom. The van der Waals surface area contributed by atoms with Gasteiger partial charge in [-0.1, -0.05) is 26.0 Å². The van der Waals surface area contributed by atoms with E-state index in [1.807, 2.05) is 12.1 Å². The standard InChI is InChI=1S/C18H30N4O/c1-4-19-18(20-13-16-6-5-7-17(23)12-16)22-10-8-21(9-11-22)14-15(2)3/h5-7,12,15,23H,4,8-11,13-14H2,1-3H3,(H,19,20). The normalized spacial score (nSPS) is 16.9. The number of nitrogens with one attached hydrogen (secondary N) is 1. The first-order valence-electron chi connectivity index (χ1n) is 8.62. The molecule has 1 saturated heterocycles. The molecule has 5 nitrogen and oxygen atoms in total. The van der Waals surface area contributed by atoms with Crippen molar-refractivity contribution in [2.75, 3.05) is 39.3 Å². The summed E-state index contributed by atoms with van der Waals surface area (Å²) in [5, 5.41) is 12.9. The summed E-state index contributed by atoms with van der Waals surface area (Å²) < 4.78 is 0. The molecule has 0 saturated carbocycles. The Kier molecular flexibility index (Phi) is 6.71. The van der Waals surface area contributed by atoms with E-state index in [9.17, 15) is 5.11 Å². The van der Waals surface area contributed by atoms with Gasteiger partial charge in [0.15, 0.2) is 5.96 Å². The van der Waals surface area contributed by atoms with E-state index in [-0.39, 0.29) is 0 Å². The molecule has 1 fully saturated rings. The zero-order chi connectivity index (χ0) is 16.7. The van der Waals surface area contributed by atoms with Gasteiger partial charge in [0.1, 0.15) is 5.75 Å². The Morgan fingerprint density at radius 3 is 2.61 bits per heavy atom. The first kappa shape index (κ1) is 17.6. The Bertz CT molecular complexity index is 507. The Balaban J connectivity index is 1.94. The van der Waals surface area contributed by atoms with E-state index in [2.05, 4.69) is 35.9 Å². The highest BCUT2D eigenvalue weighted by Gasteiger charge is 2.19. The summed E-state index contributed by atoms with van der Waals surface area (Å²) in [6.07, 6.45) is 0. The Morgan fingerprint density at radius 1 is 1.26 bits per heavy atom. The number of piperazine rings is 1. The van der Waals surface area contributed by atoms with E-state index in [0.29, 0.717) is 18.2 Å². The van der Waals surface area contributed by atoms with Crippen molar-refractivity contribution in [2.24, 2.45) is 10.9 Å². The summed E-state index contributed by atoms with van der Waals surface area (Å²) in [7, 11) is 0. The lowest BCUT2D eigenvalue weighted by molar-refractivity contribution is 0.164. The van der Waals surface area contributed by atoms with Crippen LogP contribution in [0.2, 0.25) is 0 Å². The lowest BCUT2D eigenvalue weighted by atomic mass is 10.2. The van der Waals surface area contributed by atoms with Gasteiger partial charge in [0, 0.05) is 39.3 Å². The van der Waals surface area contributed by atoms with Crippen LogP contribution in [0.1, 0.15) is 26.3 Å². The van der Waals surface area contributed by atoms with Gasteiger partial charge in [-0.2, -0.15) is 0 Å². The van der Waals surface area contributed by atoms with Crippen LogP contribution in [0.25, 0.3) is 0 Å². The van der Waals surface area contributed by atoms with Crippen molar-refractivity contribution in [3.05, 3.63) is 29.8 Å². The van der Waals surface area contributed by atoms with Gasteiger partial charge >= 0.3 is 0 Å². The molecular formula is C18H30N4O. The largest absolute Gasteiger partial charge is 0.508 e. The summed E-state index contributed by atoms with van der Waals surface area (Å²) >= 11 is 0. The van der Waals surface area contributed by atoms with Crippen LogP contribution in [0.5, 0.6) is 5.75 Å². The van der Waals surface area contributed by atoms with Crippen LogP contribution in [0.15, 0.2) is 29.3 Å². The minimum Gasteiger partial charge on any atom is -0.508 e. The van der Waals surface area contributed by atoms with Crippen molar-refractivity contribution < 1.29 is 5.11 Å². The highest BCUT2D eigenvalue weighted by molar-refractivity contribution is 5.80. The monoisotopic (exact) mass is 318 g/mol. The second-order valence-corrected chi connectivity index (χ2v) is 6.52. The average molecular weight is 318 g/mol. The van der Waals surface area contributed by atoms with Gasteiger partial charge in [-0.3, -0.25) is 4.90 Å². The fourth-order valence-electron chi connectivity index (χ4n) is 2.91. The maximum absolute atomic E-state index is 9.55. The van der Waals surface area contributed by atoms with Crippen LogP contribution in [0, 0.1) is 5.92 Å². The summed E-state index contributed by atoms with van der Waals surface area (Å²) in [6, 6.07) is 7.31. The third-order valence-corrected chi connectivity index (χ3v) is 3.95. The zero-order valence-electron chi connectivity index (χ0n) is 14.6. The quantitative estimate of drug-likeness (QED) is 0.645. The fourth-order valence-corrected chi connectivity index (χ4v) is 2.91. The third-order valence-electron chi connectivity index (χ3n) is 3.95. The number of aliphatic imine (C=N–C) groups is 1. The highest BCUT2D eigenvalue weighted by Crippen LogP contribution is 2.12. The lowest BCUT2D eigenvalue weighted by Gasteiger charge is -2.37. The molecule has 1 aliphatic rings. The molecule has 0 bridgehead atoms. The second kappa shape index (κ2) is 8.77. The minimum atomic E-state index is 0.296. The number of rotatable bonds is 5. The van der Waals surface area contributed by atoms with Gasteiger partial charge < -0.3 is 15.3 Å². The van der Waals surface area contributed by atoms with Crippen LogP contribution in [0.4, 0.5) is 0 Å². The molecule has 128 valence electrons. The molecule has 0 aliphatic carbocycles. The number of hydrogen-bond acceptors (Lipinski definition) is 3. The molecule has 0 atom stereocenters. The van der Waals surface area contributed by atoms with Crippen molar-refractivity contribution in [2.45, 2.75) is 27.3 Å². The molecule has 2 N–H and O–H groups in total. The molecule has 1 aromatic rings. The fraction of sp³-hybridized carbons (Fsp3) is 0.611. The maximum atomic E-state index is 9.55. The van der Waals surface area contributed by atoms with Crippen LogP contribution in [-0.4, -0.2) is 60.1 Å². The van der Waals surface area contributed by atoms with E-state index in [1.165, 1.54) is 6.54 Å². The smallest absolute Gasteiger partial charge is 0.194 e. The third kappa shape index (κ3) is 5.75. The molecule has 0 spiro atoms.